The van der Waals surface area contributed by atoms with E-state index >= 15 is 0 Å². The van der Waals surface area contributed by atoms with Crippen molar-refractivity contribution in [2.75, 3.05) is 0 Å². The average Bonchev–Trinajstić information content (AvgIpc) is 3.08. The first-order valence-electron chi connectivity index (χ1n) is 7.70. The Balaban J connectivity index is 2.04. The van der Waals surface area contributed by atoms with Gasteiger partial charge in [0, 0.05) is 11.1 Å². The van der Waals surface area contributed by atoms with E-state index in [1.807, 2.05) is 62.4 Å². The summed E-state index contributed by atoms with van der Waals surface area (Å²) in [5.41, 5.74) is 3.77. The summed E-state index contributed by atoms with van der Waals surface area (Å²) in [7, 11) is 0. The minimum Gasteiger partial charge on any atom is -0.267 e. The Hall–Kier alpha value is -3.14. The van der Waals surface area contributed by atoms with E-state index in [1.54, 1.807) is 0 Å². The zero-order chi connectivity index (χ0) is 16.8. The van der Waals surface area contributed by atoms with Gasteiger partial charge in [-0.25, -0.2) is 9.97 Å². The molecule has 4 nitrogen and oxygen atoms in total. The Morgan fingerprint density at radius 1 is 0.583 bits per heavy atom. The molecule has 0 N–H and O–H groups in total. The lowest BCUT2D eigenvalue weighted by Gasteiger charge is -1.97. The van der Waals surface area contributed by atoms with E-state index in [1.165, 1.54) is 0 Å². The standard InChI is InChI=1S/C20H14N2O2/c1-11-3-7-13(8-4-11)17-15-16(20(24)21-17)18(22-19(15)23)14-9-5-12(2)6-10-14/h3-10H,1-2H3. The van der Waals surface area contributed by atoms with Crippen molar-refractivity contribution in [2.45, 2.75) is 13.8 Å². The zero-order valence-corrected chi connectivity index (χ0v) is 13.3. The van der Waals surface area contributed by atoms with Gasteiger partial charge in [-0.15, -0.1) is 0 Å². The zero-order valence-electron chi connectivity index (χ0n) is 13.3. The number of rotatable bonds is 2. The fourth-order valence-electron chi connectivity index (χ4n) is 2.92. The van der Waals surface area contributed by atoms with E-state index in [0.29, 0.717) is 21.8 Å². The molecule has 4 heteroatoms. The maximum absolute atomic E-state index is 12.4. The quantitative estimate of drug-likeness (QED) is 0.571. The first kappa shape index (κ1) is 14.5. The van der Waals surface area contributed by atoms with Gasteiger partial charge in [0.1, 0.15) is 0 Å². The van der Waals surface area contributed by atoms with Crippen molar-refractivity contribution < 1.29 is 0 Å². The molecule has 0 radical (unpaired) electrons. The summed E-state index contributed by atoms with van der Waals surface area (Å²) in [5.74, 6) is 0. The highest BCUT2D eigenvalue weighted by atomic mass is 16.1. The van der Waals surface area contributed by atoms with E-state index in [4.69, 9.17) is 0 Å². The smallest absolute Gasteiger partial charge is 0.267 e. The molecular weight excluding hydrogens is 300 g/mol. The molecule has 0 amide bonds. The lowest BCUT2D eigenvalue weighted by atomic mass is 10.1. The van der Waals surface area contributed by atoms with Crippen molar-refractivity contribution >= 4 is 0 Å². The van der Waals surface area contributed by atoms with Gasteiger partial charge in [-0.05, 0) is 13.8 Å². The van der Waals surface area contributed by atoms with E-state index in [0.717, 1.165) is 22.3 Å². The molecule has 24 heavy (non-hydrogen) atoms. The predicted octanol–water partition coefficient (Wildman–Crippen LogP) is 2.75. The highest BCUT2D eigenvalue weighted by Gasteiger charge is 2.19. The Bertz CT molecular complexity index is 1090. The molecule has 2 heterocycles. The van der Waals surface area contributed by atoms with Crippen LogP contribution in [0.1, 0.15) is 11.1 Å². The van der Waals surface area contributed by atoms with Crippen molar-refractivity contribution in [1.82, 2.24) is 9.97 Å². The minimum atomic E-state index is -0.397. The van der Waals surface area contributed by atoms with Gasteiger partial charge in [-0.2, -0.15) is 0 Å². The van der Waals surface area contributed by atoms with E-state index in [9.17, 15) is 9.59 Å². The Morgan fingerprint density at radius 3 is 1.25 bits per heavy atom. The number of hydrogen-bond donors (Lipinski definition) is 0. The SMILES string of the molecule is Cc1ccc(-c2nc(=O)c3c(-c4ccc(C)cc4)nc(=O)c2=3)cc1. The first-order valence-corrected chi connectivity index (χ1v) is 7.70. The van der Waals surface area contributed by atoms with Crippen molar-refractivity contribution in [3.05, 3.63) is 90.8 Å². The Kier molecular flexibility index (Phi) is 3.13. The fourth-order valence-corrected chi connectivity index (χ4v) is 2.92. The molecular formula is C20H14N2O2. The lowest BCUT2D eigenvalue weighted by molar-refractivity contribution is 1.23. The molecule has 0 aliphatic carbocycles. The predicted molar refractivity (Wildman–Crippen MR) is 92.6 cm³/mol. The second kappa shape index (κ2) is 5.20. The molecule has 0 saturated carbocycles. The van der Waals surface area contributed by atoms with Crippen LogP contribution in [0.4, 0.5) is 0 Å². The Labute approximate surface area is 137 Å². The number of aryl methyl sites for hydroxylation is 2. The van der Waals surface area contributed by atoms with Gasteiger partial charge in [0.15, 0.2) is 0 Å². The number of benzene rings is 2. The minimum absolute atomic E-state index is 0.319. The molecule has 2 aromatic rings. The second-order valence-electron chi connectivity index (χ2n) is 6.01. The molecule has 0 unspecified atom stereocenters. The molecule has 0 spiro atoms. The van der Waals surface area contributed by atoms with Crippen LogP contribution in [-0.4, -0.2) is 9.97 Å². The lowest BCUT2D eigenvalue weighted by Crippen LogP contribution is -2.04. The molecule has 4 rings (SSSR count). The van der Waals surface area contributed by atoms with Gasteiger partial charge in [-0.1, -0.05) is 59.7 Å². The second-order valence-corrected chi connectivity index (χ2v) is 6.01. The van der Waals surface area contributed by atoms with Crippen molar-refractivity contribution in [1.29, 1.82) is 0 Å². The van der Waals surface area contributed by atoms with Crippen LogP contribution in [0.5, 0.6) is 0 Å². The van der Waals surface area contributed by atoms with Crippen LogP contribution in [0.3, 0.4) is 0 Å². The van der Waals surface area contributed by atoms with Gasteiger partial charge in [0.25, 0.3) is 11.1 Å². The third kappa shape index (κ3) is 2.15. The summed E-state index contributed by atoms with van der Waals surface area (Å²) in [5, 5.41) is 0.638. The molecule has 0 saturated heterocycles. The molecule has 116 valence electrons. The summed E-state index contributed by atoms with van der Waals surface area (Å²) in [6.07, 6.45) is 0. The van der Waals surface area contributed by atoms with E-state index in [-0.39, 0.29) is 0 Å². The summed E-state index contributed by atoms with van der Waals surface area (Å²) >= 11 is 0. The molecule has 0 aromatic heterocycles. The summed E-state index contributed by atoms with van der Waals surface area (Å²) < 4.78 is 0. The summed E-state index contributed by atoms with van der Waals surface area (Å²) in [4.78, 5) is 33.1. The first-order chi connectivity index (χ1) is 11.5. The monoisotopic (exact) mass is 314 g/mol. The molecule has 0 fully saturated rings. The van der Waals surface area contributed by atoms with Gasteiger partial charge in [0.05, 0.1) is 21.8 Å². The van der Waals surface area contributed by atoms with E-state index < -0.39 is 11.1 Å². The van der Waals surface area contributed by atoms with Crippen LogP contribution >= 0.6 is 0 Å². The van der Waals surface area contributed by atoms with Crippen LogP contribution in [0.25, 0.3) is 22.5 Å². The summed E-state index contributed by atoms with van der Waals surface area (Å²) in [6.45, 7) is 3.96. The fraction of sp³-hybridized carbons (Fsp3) is 0.100. The van der Waals surface area contributed by atoms with Crippen LogP contribution in [-0.2, 0) is 0 Å². The molecule has 2 aromatic carbocycles. The molecule has 0 bridgehead atoms. The summed E-state index contributed by atoms with van der Waals surface area (Å²) in [6, 6.07) is 15.2. The van der Waals surface area contributed by atoms with Gasteiger partial charge in [-0.3, -0.25) is 9.59 Å². The topological polar surface area (TPSA) is 59.9 Å². The number of hydrogen-bond acceptors (Lipinski definition) is 4. The molecule has 0 atom stereocenters. The highest BCUT2D eigenvalue weighted by molar-refractivity contribution is 5.66. The normalized spacial score (nSPS) is 11.2. The van der Waals surface area contributed by atoms with E-state index in [2.05, 4.69) is 9.97 Å². The van der Waals surface area contributed by atoms with Gasteiger partial charge in [0.2, 0.25) is 0 Å². The van der Waals surface area contributed by atoms with Crippen molar-refractivity contribution in [3.8, 4) is 22.5 Å². The Morgan fingerprint density at radius 2 is 0.917 bits per heavy atom. The van der Waals surface area contributed by atoms with Crippen LogP contribution in [0.2, 0.25) is 0 Å². The van der Waals surface area contributed by atoms with Crippen molar-refractivity contribution in [3.63, 3.8) is 0 Å². The molecule has 2 aliphatic heterocycles. The van der Waals surface area contributed by atoms with Crippen LogP contribution in [0, 0.1) is 24.3 Å². The maximum atomic E-state index is 12.4. The highest BCUT2D eigenvalue weighted by Crippen LogP contribution is 2.23. The third-order valence-corrected chi connectivity index (χ3v) is 4.23. The van der Waals surface area contributed by atoms with Crippen LogP contribution < -0.4 is 11.1 Å². The third-order valence-electron chi connectivity index (χ3n) is 4.23. The molecule has 2 aliphatic rings. The number of nitrogens with zero attached hydrogens (tertiary/aromatic N) is 2. The van der Waals surface area contributed by atoms with Crippen molar-refractivity contribution in [2.24, 2.45) is 0 Å². The average molecular weight is 314 g/mol. The van der Waals surface area contributed by atoms with Gasteiger partial charge >= 0.3 is 0 Å². The maximum Gasteiger partial charge on any atom is 0.280 e. The van der Waals surface area contributed by atoms with Gasteiger partial charge < -0.3 is 0 Å². The van der Waals surface area contributed by atoms with Crippen LogP contribution in [0.15, 0.2) is 58.1 Å². The number of aromatic nitrogens is 2. The largest absolute Gasteiger partial charge is 0.280 e.